The molecule has 0 radical (unpaired) electrons. The molecule has 17 N–H and O–H groups in total. The summed E-state index contributed by atoms with van der Waals surface area (Å²) in [6.45, 7) is 1.69. The molecule has 450 valence electrons. The van der Waals surface area contributed by atoms with Crippen molar-refractivity contribution in [3.63, 3.8) is 0 Å². The van der Waals surface area contributed by atoms with Gasteiger partial charge in [0.05, 0.1) is 6.33 Å². The number of benzene rings is 2. The summed E-state index contributed by atoms with van der Waals surface area (Å²) in [6.07, 6.45) is 10.7. The van der Waals surface area contributed by atoms with E-state index in [0.717, 1.165) is 43.0 Å². The van der Waals surface area contributed by atoms with Crippen LogP contribution in [0.4, 0.5) is 0 Å². The number of H-pyrrole nitrogens is 2. The second-order valence-electron chi connectivity index (χ2n) is 20.8. The number of aromatic nitrogens is 3. The van der Waals surface area contributed by atoms with Gasteiger partial charge in [0, 0.05) is 81.1 Å². The number of carboxylic acids is 1. The molecule has 1 aliphatic carbocycles. The first-order valence-corrected chi connectivity index (χ1v) is 28.3. The van der Waals surface area contributed by atoms with Gasteiger partial charge >= 0.3 is 5.97 Å². The highest BCUT2D eigenvalue weighted by Crippen LogP contribution is 2.27. The van der Waals surface area contributed by atoms with Gasteiger partial charge in [0.15, 0.2) is 5.96 Å². The van der Waals surface area contributed by atoms with Gasteiger partial charge in [0.1, 0.15) is 48.6 Å². The lowest BCUT2D eigenvalue weighted by atomic mass is 9.84. The smallest absolute Gasteiger partial charge is 0.326 e. The van der Waals surface area contributed by atoms with Crippen molar-refractivity contribution in [3.05, 3.63) is 90.1 Å². The fourth-order valence-corrected chi connectivity index (χ4v) is 9.91. The molecule has 0 aliphatic heterocycles. The minimum Gasteiger partial charge on any atom is -0.480 e. The van der Waals surface area contributed by atoms with Gasteiger partial charge in [-0.25, -0.2) is 9.78 Å². The zero-order chi connectivity index (χ0) is 60.1. The Labute approximate surface area is 481 Å². The number of aliphatic carboxylic acids is 1. The summed E-state index contributed by atoms with van der Waals surface area (Å²) < 4.78 is 0. The maximum absolute atomic E-state index is 14.8. The number of fused-ring (bicyclic) bond motifs is 1. The predicted octanol–water partition coefficient (Wildman–Crippen LogP) is 0.0554. The number of aliphatic imine (C=N–C) groups is 1. The molecule has 1 saturated carbocycles. The average Bonchev–Trinajstić information content (AvgIpc) is 4.26. The van der Waals surface area contributed by atoms with E-state index in [2.05, 4.69) is 62.5 Å². The highest BCUT2D eigenvalue weighted by atomic mass is 16.4. The van der Waals surface area contributed by atoms with E-state index in [1.807, 2.05) is 24.3 Å². The molecule has 4 aromatic rings. The maximum Gasteiger partial charge on any atom is 0.326 e. The molecule has 1 aliphatic rings. The second-order valence-corrected chi connectivity index (χ2v) is 20.8. The second kappa shape index (κ2) is 34.6. The summed E-state index contributed by atoms with van der Waals surface area (Å²) in [5.74, 6) is -6.88. The Morgan fingerprint density at radius 1 is 0.675 bits per heavy atom. The van der Waals surface area contributed by atoms with E-state index in [-0.39, 0.29) is 76.3 Å². The van der Waals surface area contributed by atoms with E-state index in [0.29, 0.717) is 48.9 Å². The highest BCUT2D eigenvalue weighted by molar-refractivity contribution is 5.98. The topological polar surface area (TPSA) is 422 Å². The molecule has 2 aromatic carbocycles. The molecule has 0 saturated heterocycles. The molecule has 83 heavy (non-hydrogen) atoms. The fourth-order valence-electron chi connectivity index (χ4n) is 9.91. The van der Waals surface area contributed by atoms with Crippen molar-refractivity contribution in [2.45, 2.75) is 158 Å². The van der Waals surface area contributed by atoms with E-state index in [1.54, 1.807) is 36.5 Å². The minimum atomic E-state index is -1.47. The number of guanidine groups is 1. The number of aldehydes is 1. The third kappa shape index (κ3) is 22.6. The van der Waals surface area contributed by atoms with Crippen LogP contribution in [-0.2, 0) is 67.2 Å². The van der Waals surface area contributed by atoms with Crippen LogP contribution in [0, 0.1) is 5.92 Å². The number of amides is 8. The van der Waals surface area contributed by atoms with E-state index in [1.165, 1.54) is 19.4 Å². The number of aromatic amines is 2. The molecular weight excluding hydrogens is 1070 g/mol. The van der Waals surface area contributed by atoms with Crippen LogP contribution in [0.2, 0.25) is 0 Å². The number of imidazole rings is 1. The Balaban J connectivity index is 1.38. The number of nitrogens with zero attached hydrogens (tertiary/aromatic N) is 2. The maximum atomic E-state index is 14.8. The molecule has 26 nitrogen and oxygen atoms in total. The molecular formula is C57H81N15O11. The van der Waals surface area contributed by atoms with E-state index in [4.69, 9.17) is 17.2 Å². The average molecular weight is 1150 g/mol. The van der Waals surface area contributed by atoms with Gasteiger partial charge in [-0.3, -0.25) is 43.3 Å². The number of carbonyl (C=O) groups excluding carboxylic acids is 9. The minimum absolute atomic E-state index is 0.0232. The summed E-state index contributed by atoms with van der Waals surface area (Å²) in [7, 11) is 0. The van der Waals surface area contributed by atoms with Crippen molar-refractivity contribution in [2.24, 2.45) is 28.1 Å². The third-order valence-electron chi connectivity index (χ3n) is 14.3. The first kappa shape index (κ1) is 65.1. The third-order valence-corrected chi connectivity index (χ3v) is 14.3. The van der Waals surface area contributed by atoms with Gasteiger partial charge in [-0.2, -0.15) is 0 Å². The molecule has 2 heterocycles. The van der Waals surface area contributed by atoms with Gasteiger partial charge in [-0.1, -0.05) is 80.6 Å². The summed E-state index contributed by atoms with van der Waals surface area (Å²) in [5, 5.41) is 32.0. The van der Waals surface area contributed by atoms with Crippen LogP contribution < -0.4 is 59.7 Å². The van der Waals surface area contributed by atoms with E-state index in [9.17, 15) is 53.1 Å². The molecule has 0 bridgehead atoms. The number of carboxylic acid groups (broad SMARTS) is 1. The Kier molecular flexibility index (Phi) is 27.1. The monoisotopic (exact) mass is 1150 g/mol. The lowest BCUT2D eigenvalue weighted by Crippen LogP contribution is -2.60. The Morgan fingerprint density at radius 2 is 1.29 bits per heavy atom. The summed E-state index contributed by atoms with van der Waals surface area (Å²) in [5.41, 5.74) is 19.2. The number of hydrogen-bond donors (Lipinski definition) is 14. The molecule has 1 fully saturated rings. The summed E-state index contributed by atoms with van der Waals surface area (Å²) >= 11 is 0. The Hall–Kier alpha value is -8.68. The van der Waals surface area contributed by atoms with Gasteiger partial charge in [0.25, 0.3) is 0 Å². The molecule has 2 aromatic heterocycles. The summed E-state index contributed by atoms with van der Waals surface area (Å²) in [6, 6.07) is 6.99. The van der Waals surface area contributed by atoms with Crippen LogP contribution in [0.15, 0.2) is 78.3 Å². The van der Waals surface area contributed by atoms with Crippen molar-refractivity contribution in [2.75, 3.05) is 19.6 Å². The number of unbranched alkanes of at least 4 members (excludes halogenated alkanes) is 1. The van der Waals surface area contributed by atoms with Gasteiger partial charge < -0.3 is 79.6 Å². The zero-order valence-electron chi connectivity index (χ0n) is 46.9. The van der Waals surface area contributed by atoms with Crippen molar-refractivity contribution in [3.8, 4) is 0 Å². The molecule has 0 spiro atoms. The molecule has 5 rings (SSSR count). The van der Waals surface area contributed by atoms with Crippen LogP contribution in [0.5, 0.6) is 0 Å². The molecule has 26 heteroatoms. The standard InChI is InChI=1S/C57H81N15O11/c1-35(74)66-45(28-36-14-4-2-5-15-36)53(79)69-43(23-27-73)52(78)72-48(31-39-33-61-34-65-39)55(81)70-46(29-37-16-6-3-7-17-37)54(80)68-42(21-12-26-63-57(59)60)51(77)71-47(30-38-32-64-41-19-9-8-18-40(38)41)50(76)62-25-13-22-49(75)67-44(56(82)83)20-10-11-24-58/h3,6-9,16-19,27,32-34,36,42-48,64H,2,4-5,10-15,20-26,28-31,58H2,1H3,(H,61,65)(H,62,76)(H,66,74)(H,67,75)(H,68,80)(H,69,79)(H,70,81)(H,71,77)(H,72,78)(H,82,83)(H4,59,60,63)/t42-,43-,44-,45-,46+,47-,48-/m0/s1. The van der Waals surface area contributed by atoms with Crippen LogP contribution >= 0.6 is 0 Å². The lowest BCUT2D eigenvalue weighted by molar-refractivity contribution is -0.142. The number of para-hydroxylation sites is 1. The first-order valence-electron chi connectivity index (χ1n) is 28.3. The van der Waals surface area contributed by atoms with Gasteiger partial charge in [-0.05, 0) is 74.6 Å². The Morgan fingerprint density at radius 3 is 1.94 bits per heavy atom. The number of rotatable bonds is 36. The lowest BCUT2D eigenvalue weighted by Gasteiger charge is -2.28. The van der Waals surface area contributed by atoms with Gasteiger partial charge in [0.2, 0.25) is 47.3 Å². The summed E-state index contributed by atoms with van der Waals surface area (Å²) in [4.78, 5) is 149. The molecule has 8 amide bonds. The largest absolute Gasteiger partial charge is 0.480 e. The van der Waals surface area contributed by atoms with Crippen molar-refractivity contribution in [1.29, 1.82) is 0 Å². The van der Waals surface area contributed by atoms with Crippen LogP contribution in [-0.4, -0.2) is 147 Å². The number of nitrogens with one attached hydrogen (secondary N) is 10. The fraction of sp³-hybridized carbons (Fsp3) is 0.509. The SMILES string of the molecule is CC(=O)N[C@@H](CC1CCCCC1)C(=O)N[C@@H](CC=O)C(=O)N[C@@H](Cc1cnc[nH]1)C(=O)N[C@H](Cc1ccccc1)C(=O)N[C@@H](CCCN=C(N)N)C(=O)N[C@@H](Cc1c[nH]c2ccccc12)C(=O)NCCCC(=O)N[C@@H](CCCCN)C(=O)O. The Bertz CT molecular complexity index is 2800. The zero-order valence-corrected chi connectivity index (χ0v) is 46.9. The quantitative estimate of drug-likeness (QED) is 0.0124. The predicted molar refractivity (Wildman–Crippen MR) is 308 cm³/mol. The first-order chi connectivity index (χ1) is 39.9. The normalized spacial score (nSPS) is 14.9. The highest BCUT2D eigenvalue weighted by Gasteiger charge is 2.35. The number of nitrogens with two attached hydrogens (primary N) is 3. The van der Waals surface area contributed by atoms with Crippen LogP contribution in [0.3, 0.4) is 0 Å². The van der Waals surface area contributed by atoms with Gasteiger partial charge in [-0.15, -0.1) is 0 Å². The van der Waals surface area contributed by atoms with Crippen LogP contribution in [0.25, 0.3) is 10.9 Å². The van der Waals surface area contributed by atoms with Crippen LogP contribution in [0.1, 0.15) is 114 Å². The van der Waals surface area contributed by atoms with E-state index >= 15 is 0 Å². The molecule has 7 atom stereocenters. The number of hydrogen-bond acceptors (Lipinski definition) is 13. The van der Waals surface area contributed by atoms with Crippen molar-refractivity contribution < 1.29 is 53.1 Å². The van der Waals surface area contributed by atoms with Crippen molar-refractivity contribution in [1.82, 2.24) is 57.5 Å². The number of carbonyl (C=O) groups is 10. The van der Waals surface area contributed by atoms with E-state index < -0.39 is 102 Å². The van der Waals surface area contributed by atoms with Crippen molar-refractivity contribution >= 4 is 76.4 Å². The molecule has 0 unspecified atom stereocenters.